The molecule has 0 spiro atoms. The monoisotopic (exact) mass is 442 g/mol. The number of aryl methyl sites for hydroxylation is 1. The smallest absolute Gasteiger partial charge is 0.243 e. The average Bonchev–Trinajstić information content (AvgIpc) is 3.11. The van der Waals surface area contributed by atoms with E-state index in [4.69, 9.17) is 11.6 Å². The second-order valence-corrected chi connectivity index (χ2v) is 11.0. The lowest BCUT2D eigenvalue weighted by Crippen LogP contribution is -2.34. The fraction of sp³-hybridized carbons (Fsp3) is 0.364. The Hall–Kier alpha value is -2.22. The summed E-state index contributed by atoms with van der Waals surface area (Å²) in [4.78, 5) is 28.0. The molecular formula is C22H19ClN2O4S. The van der Waals surface area contributed by atoms with Crippen LogP contribution in [0.1, 0.15) is 12.0 Å². The van der Waals surface area contributed by atoms with E-state index in [0.29, 0.717) is 10.7 Å². The summed E-state index contributed by atoms with van der Waals surface area (Å²) < 4.78 is 27.9. The number of imide groups is 1. The van der Waals surface area contributed by atoms with E-state index in [0.717, 1.165) is 12.0 Å². The number of nitrogens with zero attached hydrogens (tertiary/aromatic N) is 2. The normalized spacial score (nSPS) is 36.2. The minimum absolute atomic E-state index is 0.0982. The molecule has 2 amide bonds. The molecule has 1 unspecified atom stereocenters. The van der Waals surface area contributed by atoms with Crippen molar-refractivity contribution in [1.29, 1.82) is 0 Å². The lowest BCUT2D eigenvalue weighted by atomic mass is 9.81. The minimum Gasteiger partial charge on any atom is -0.274 e. The summed E-state index contributed by atoms with van der Waals surface area (Å²) in [5.41, 5.74) is 1.52. The van der Waals surface area contributed by atoms with Gasteiger partial charge in [0.15, 0.2) is 0 Å². The van der Waals surface area contributed by atoms with Crippen LogP contribution in [0.4, 0.5) is 5.69 Å². The molecule has 0 N–H and O–H groups in total. The van der Waals surface area contributed by atoms with Gasteiger partial charge in [-0.15, -0.1) is 0 Å². The van der Waals surface area contributed by atoms with Gasteiger partial charge in [0.25, 0.3) is 0 Å². The van der Waals surface area contributed by atoms with Crippen molar-refractivity contribution in [2.75, 3.05) is 4.90 Å². The van der Waals surface area contributed by atoms with Crippen molar-refractivity contribution in [2.45, 2.75) is 30.3 Å². The lowest BCUT2D eigenvalue weighted by molar-refractivity contribution is -0.123. The highest BCUT2D eigenvalue weighted by Gasteiger charge is 2.78. The van der Waals surface area contributed by atoms with Gasteiger partial charge in [0, 0.05) is 17.1 Å². The Balaban J connectivity index is 1.31. The molecular weight excluding hydrogens is 424 g/mol. The third kappa shape index (κ3) is 2.26. The number of hydrogen-bond donors (Lipinski definition) is 0. The predicted octanol–water partition coefficient (Wildman–Crippen LogP) is 2.85. The lowest BCUT2D eigenvalue weighted by Gasteiger charge is -2.20. The maximum Gasteiger partial charge on any atom is 0.243 e. The Morgan fingerprint density at radius 3 is 1.93 bits per heavy atom. The molecule has 0 radical (unpaired) electrons. The standard InChI is InChI=1S/C22H19ClN2O4S/c1-11-2-8-14(9-3-11)30(28,29)25-19-15-10-16(20(19)25)18-17(15)21(26)24(22(18)27)13-6-4-12(23)5-7-13/h2-9,15-20H,10H2,1H3/t15-,16+,17-,18+,19+,20-,25?. The number of fused-ring (bicyclic) bond motifs is 8. The third-order valence-corrected chi connectivity index (χ3v) is 9.43. The Labute approximate surface area is 179 Å². The number of amides is 2. The molecule has 7 atom stereocenters. The van der Waals surface area contributed by atoms with E-state index in [9.17, 15) is 18.0 Å². The minimum atomic E-state index is -3.62. The topological polar surface area (TPSA) is 74.5 Å². The molecule has 4 aliphatic rings. The van der Waals surface area contributed by atoms with Crippen LogP contribution in [0.2, 0.25) is 5.02 Å². The number of sulfonamides is 1. The quantitative estimate of drug-likeness (QED) is 0.541. The Morgan fingerprint density at radius 1 is 0.867 bits per heavy atom. The zero-order chi connectivity index (χ0) is 20.9. The van der Waals surface area contributed by atoms with Crippen molar-refractivity contribution in [2.24, 2.45) is 23.7 Å². The van der Waals surface area contributed by atoms with Crippen LogP contribution in [0.15, 0.2) is 53.4 Å². The number of carbonyl (C=O) groups is 2. The van der Waals surface area contributed by atoms with E-state index in [1.165, 1.54) is 4.90 Å². The fourth-order valence-corrected chi connectivity index (χ4v) is 8.05. The maximum absolute atomic E-state index is 13.2. The number of rotatable bonds is 3. The van der Waals surface area contributed by atoms with Gasteiger partial charge in [0.05, 0.1) is 22.4 Å². The zero-order valence-corrected chi connectivity index (χ0v) is 17.7. The number of piperidine rings is 1. The maximum atomic E-state index is 13.2. The molecule has 2 saturated heterocycles. The van der Waals surface area contributed by atoms with Crippen molar-refractivity contribution in [1.82, 2.24) is 4.31 Å². The number of halogens is 1. The van der Waals surface area contributed by atoms with Crippen molar-refractivity contribution in [3.8, 4) is 0 Å². The van der Waals surface area contributed by atoms with Gasteiger partial charge in [0.1, 0.15) is 0 Å². The van der Waals surface area contributed by atoms with E-state index in [1.54, 1.807) is 52.8 Å². The molecule has 154 valence electrons. The van der Waals surface area contributed by atoms with E-state index in [2.05, 4.69) is 0 Å². The molecule has 6 nitrogen and oxygen atoms in total. The fourth-order valence-electron chi connectivity index (χ4n) is 6.05. The molecule has 6 rings (SSSR count). The van der Waals surface area contributed by atoms with Crippen LogP contribution in [0, 0.1) is 30.6 Å². The van der Waals surface area contributed by atoms with E-state index in [1.807, 2.05) is 6.92 Å². The Morgan fingerprint density at radius 2 is 1.40 bits per heavy atom. The van der Waals surface area contributed by atoms with Crippen LogP contribution in [-0.2, 0) is 19.6 Å². The van der Waals surface area contributed by atoms with E-state index >= 15 is 0 Å². The second kappa shape index (κ2) is 5.93. The van der Waals surface area contributed by atoms with Crippen LogP contribution in [0.3, 0.4) is 0 Å². The molecule has 2 heterocycles. The summed E-state index contributed by atoms with van der Waals surface area (Å²) in [5, 5.41) is 0.538. The molecule has 2 aliphatic heterocycles. The van der Waals surface area contributed by atoms with Gasteiger partial charge in [-0.05, 0) is 61.6 Å². The van der Waals surface area contributed by atoms with Gasteiger partial charge < -0.3 is 0 Å². The Kier molecular flexibility index (Phi) is 3.67. The third-order valence-electron chi connectivity index (χ3n) is 7.27. The molecule has 2 saturated carbocycles. The van der Waals surface area contributed by atoms with Gasteiger partial charge in [-0.2, -0.15) is 4.31 Å². The molecule has 2 aliphatic carbocycles. The molecule has 2 aromatic rings. The van der Waals surface area contributed by atoms with Crippen LogP contribution in [-0.4, -0.2) is 36.6 Å². The first-order valence-electron chi connectivity index (χ1n) is 10.0. The first kappa shape index (κ1) is 18.5. The summed E-state index contributed by atoms with van der Waals surface area (Å²) in [5.74, 6) is -1.48. The molecule has 30 heavy (non-hydrogen) atoms. The molecule has 2 aromatic carbocycles. The van der Waals surface area contributed by atoms with Gasteiger partial charge >= 0.3 is 0 Å². The highest BCUT2D eigenvalue weighted by Crippen LogP contribution is 2.66. The van der Waals surface area contributed by atoms with Gasteiger partial charge in [0.2, 0.25) is 21.8 Å². The van der Waals surface area contributed by atoms with Crippen LogP contribution in [0.25, 0.3) is 0 Å². The average molecular weight is 443 g/mol. The largest absolute Gasteiger partial charge is 0.274 e. The number of carbonyl (C=O) groups excluding carboxylic acids is 2. The summed E-state index contributed by atoms with van der Waals surface area (Å²) >= 11 is 5.94. The first-order valence-corrected chi connectivity index (χ1v) is 11.9. The van der Waals surface area contributed by atoms with E-state index < -0.39 is 21.9 Å². The van der Waals surface area contributed by atoms with Crippen molar-refractivity contribution in [3.05, 3.63) is 59.1 Å². The second-order valence-electron chi connectivity index (χ2n) is 8.73. The van der Waals surface area contributed by atoms with Crippen LogP contribution >= 0.6 is 11.6 Å². The van der Waals surface area contributed by atoms with Crippen molar-refractivity contribution < 1.29 is 18.0 Å². The number of hydrogen-bond acceptors (Lipinski definition) is 4. The number of anilines is 1. The Bertz CT molecular complexity index is 1160. The van der Waals surface area contributed by atoms with Crippen molar-refractivity contribution in [3.63, 3.8) is 0 Å². The zero-order valence-electron chi connectivity index (χ0n) is 16.1. The van der Waals surface area contributed by atoms with Gasteiger partial charge in [-0.3, -0.25) is 14.5 Å². The molecule has 4 fully saturated rings. The SMILES string of the molecule is Cc1ccc(S(=O)(=O)N2[C@@H]3[C@H]4C[C@H]([C@H]5C(=O)N(c6ccc(Cl)cc6)C(=O)[C@@H]45)[C@@H]32)cc1. The molecule has 0 aromatic heterocycles. The molecule has 2 bridgehead atoms. The summed E-state index contributed by atoms with van der Waals surface area (Å²) in [6, 6.07) is 13.1. The summed E-state index contributed by atoms with van der Waals surface area (Å²) in [6.45, 7) is 1.91. The van der Waals surface area contributed by atoms with E-state index in [-0.39, 0.29) is 40.6 Å². The highest BCUT2D eigenvalue weighted by molar-refractivity contribution is 7.89. The summed E-state index contributed by atoms with van der Waals surface area (Å²) in [7, 11) is -3.62. The van der Waals surface area contributed by atoms with Crippen molar-refractivity contribution >= 4 is 39.1 Å². The van der Waals surface area contributed by atoms with Gasteiger partial charge in [-0.25, -0.2) is 8.42 Å². The summed E-state index contributed by atoms with van der Waals surface area (Å²) in [6.07, 6.45) is 0.747. The molecule has 8 heteroatoms. The van der Waals surface area contributed by atoms with Crippen LogP contribution in [0.5, 0.6) is 0 Å². The predicted molar refractivity (Wildman–Crippen MR) is 110 cm³/mol. The van der Waals surface area contributed by atoms with Crippen LogP contribution < -0.4 is 4.90 Å². The first-order chi connectivity index (χ1) is 14.3. The number of benzene rings is 2. The highest BCUT2D eigenvalue weighted by atomic mass is 35.5. The van der Waals surface area contributed by atoms with Gasteiger partial charge in [-0.1, -0.05) is 29.3 Å².